The van der Waals surface area contributed by atoms with E-state index in [-0.39, 0.29) is 11.8 Å². The second-order valence-corrected chi connectivity index (χ2v) is 6.16. The van der Waals surface area contributed by atoms with Crippen molar-refractivity contribution in [1.82, 2.24) is 24.8 Å². The Balaban J connectivity index is 1.46. The number of aromatic amines is 2. The highest BCUT2D eigenvalue weighted by molar-refractivity contribution is 5.79. The molecule has 0 radical (unpaired) electrons. The molecule has 6 nitrogen and oxygen atoms in total. The third-order valence-corrected chi connectivity index (χ3v) is 4.54. The SMILES string of the molecule is CN(Cc1nc2ccccc2[nH]1)C(=O)C1CCc2nc[nH]c2C1. The molecule has 1 amide bonds. The first-order valence-electron chi connectivity index (χ1n) is 7.90. The van der Waals surface area contributed by atoms with Crippen LogP contribution in [0.3, 0.4) is 0 Å². The number of carbonyl (C=O) groups is 1. The van der Waals surface area contributed by atoms with Gasteiger partial charge in [0.15, 0.2) is 0 Å². The average Bonchev–Trinajstić information content (AvgIpc) is 3.18. The maximum atomic E-state index is 12.7. The maximum Gasteiger partial charge on any atom is 0.226 e. The van der Waals surface area contributed by atoms with Crippen molar-refractivity contribution in [3.63, 3.8) is 0 Å². The van der Waals surface area contributed by atoms with Gasteiger partial charge in [-0.25, -0.2) is 9.97 Å². The van der Waals surface area contributed by atoms with Crippen molar-refractivity contribution in [3.05, 3.63) is 47.8 Å². The van der Waals surface area contributed by atoms with Gasteiger partial charge in [0.25, 0.3) is 0 Å². The van der Waals surface area contributed by atoms with Gasteiger partial charge in [0.05, 0.1) is 29.6 Å². The van der Waals surface area contributed by atoms with Crippen LogP contribution in [0.4, 0.5) is 0 Å². The zero-order valence-corrected chi connectivity index (χ0v) is 13.0. The van der Waals surface area contributed by atoms with E-state index in [1.807, 2.05) is 31.3 Å². The zero-order valence-electron chi connectivity index (χ0n) is 13.0. The summed E-state index contributed by atoms with van der Waals surface area (Å²) in [4.78, 5) is 29.7. The van der Waals surface area contributed by atoms with Crippen LogP contribution in [-0.4, -0.2) is 37.8 Å². The molecule has 0 saturated heterocycles. The van der Waals surface area contributed by atoms with Crippen LogP contribution in [0.1, 0.15) is 23.6 Å². The van der Waals surface area contributed by atoms with Crippen LogP contribution in [0.5, 0.6) is 0 Å². The minimum absolute atomic E-state index is 0.0253. The summed E-state index contributed by atoms with van der Waals surface area (Å²) >= 11 is 0. The number of amides is 1. The number of aryl methyl sites for hydroxylation is 1. The Labute approximate surface area is 133 Å². The molecule has 2 aromatic heterocycles. The standard InChI is InChI=1S/C17H19N5O/c1-22(9-16-20-13-4-2-3-5-14(13)21-16)17(23)11-6-7-12-15(8-11)19-10-18-12/h2-5,10-11H,6-9H2,1H3,(H,18,19)(H,20,21). The molecular weight excluding hydrogens is 290 g/mol. The summed E-state index contributed by atoms with van der Waals surface area (Å²) in [7, 11) is 1.85. The van der Waals surface area contributed by atoms with E-state index in [2.05, 4.69) is 19.9 Å². The summed E-state index contributed by atoms with van der Waals surface area (Å²) < 4.78 is 0. The number of para-hydroxylation sites is 2. The van der Waals surface area contributed by atoms with Gasteiger partial charge >= 0.3 is 0 Å². The molecule has 1 unspecified atom stereocenters. The Morgan fingerprint density at radius 3 is 3.13 bits per heavy atom. The Morgan fingerprint density at radius 1 is 1.39 bits per heavy atom. The first kappa shape index (κ1) is 14.0. The van der Waals surface area contributed by atoms with Crippen LogP contribution in [0.15, 0.2) is 30.6 Å². The van der Waals surface area contributed by atoms with Crippen molar-refractivity contribution < 1.29 is 4.79 Å². The highest BCUT2D eigenvalue weighted by Crippen LogP contribution is 2.24. The molecule has 2 heterocycles. The van der Waals surface area contributed by atoms with E-state index in [9.17, 15) is 4.79 Å². The number of benzene rings is 1. The summed E-state index contributed by atoms with van der Waals surface area (Å²) in [5, 5.41) is 0. The van der Waals surface area contributed by atoms with E-state index in [1.54, 1.807) is 11.2 Å². The number of imidazole rings is 2. The molecule has 1 aliphatic rings. The topological polar surface area (TPSA) is 77.7 Å². The van der Waals surface area contributed by atoms with E-state index in [0.717, 1.165) is 47.5 Å². The van der Waals surface area contributed by atoms with Crippen LogP contribution in [0.25, 0.3) is 11.0 Å². The molecule has 0 saturated carbocycles. The summed E-state index contributed by atoms with van der Waals surface area (Å²) in [6.07, 6.45) is 4.20. The lowest BCUT2D eigenvalue weighted by Gasteiger charge is -2.25. The van der Waals surface area contributed by atoms with Crippen LogP contribution in [-0.2, 0) is 24.2 Å². The second kappa shape index (κ2) is 5.53. The van der Waals surface area contributed by atoms with Gasteiger partial charge in [0.1, 0.15) is 5.82 Å². The van der Waals surface area contributed by atoms with Gasteiger partial charge in [0, 0.05) is 25.1 Å². The summed E-state index contributed by atoms with van der Waals surface area (Å²) in [5.41, 5.74) is 4.15. The number of carbonyl (C=O) groups excluding carboxylic acids is 1. The van der Waals surface area contributed by atoms with Gasteiger partial charge in [-0.05, 0) is 25.0 Å². The van der Waals surface area contributed by atoms with E-state index in [4.69, 9.17) is 0 Å². The number of aromatic nitrogens is 4. The highest BCUT2D eigenvalue weighted by Gasteiger charge is 2.28. The van der Waals surface area contributed by atoms with Crippen molar-refractivity contribution in [2.24, 2.45) is 5.92 Å². The Hall–Kier alpha value is -2.63. The minimum Gasteiger partial charge on any atom is -0.348 e. The van der Waals surface area contributed by atoms with Crippen LogP contribution in [0.2, 0.25) is 0 Å². The van der Waals surface area contributed by atoms with Gasteiger partial charge in [-0.1, -0.05) is 12.1 Å². The lowest BCUT2D eigenvalue weighted by atomic mass is 9.89. The minimum atomic E-state index is 0.0253. The number of hydrogen-bond acceptors (Lipinski definition) is 3. The predicted octanol–water partition coefficient (Wildman–Crippen LogP) is 2.05. The van der Waals surface area contributed by atoms with Crippen LogP contribution in [0, 0.1) is 5.92 Å². The number of rotatable bonds is 3. The third-order valence-electron chi connectivity index (χ3n) is 4.54. The Bertz CT molecular complexity index is 816. The normalized spacial score (nSPS) is 17.2. The van der Waals surface area contributed by atoms with Crippen molar-refractivity contribution in [2.75, 3.05) is 7.05 Å². The lowest BCUT2D eigenvalue weighted by molar-refractivity contribution is -0.135. The zero-order chi connectivity index (χ0) is 15.8. The van der Waals surface area contributed by atoms with E-state index < -0.39 is 0 Å². The fraction of sp³-hybridized carbons (Fsp3) is 0.353. The largest absolute Gasteiger partial charge is 0.348 e. The molecule has 2 N–H and O–H groups in total. The van der Waals surface area contributed by atoms with E-state index >= 15 is 0 Å². The molecule has 0 spiro atoms. The number of hydrogen-bond donors (Lipinski definition) is 2. The van der Waals surface area contributed by atoms with Crippen molar-refractivity contribution in [1.29, 1.82) is 0 Å². The number of fused-ring (bicyclic) bond motifs is 2. The molecule has 118 valence electrons. The molecule has 0 bridgehead atoms. The monoisotopic (exact) mass is 309 g/mol. The maximum absolute atomic E-state index is 12.7. The summed E-state index contributed by atoms with van der Waals surface area (Å²) in [6, 6.07) is 7.90. The van der Waals surface area contributed by atoms with E-state index in [1.165, 1.54) is 0 Å². The smallest absolute Gasteiger partial charge is 0.226 e. The van der Waals surface area contributed by atoms with Crippen LogP contribution < -0.4 is 0 Å². The first-order chi connectivity index (χ1) is 11.2. The summed E-state index contributed by atoms with van der Waals surface area (Å²) in [5.74, 6) is 1.02. The second-order valence-electron chi connectivity index (χ2n) is 6.16. The van der Waals surface area contributed by atoms with Crippen molar-refractivity contribution in [3.8, 4) is 0 Å². The van der Waals surface area contributed by atoms with Crippen molar-refractivity contribution >= 4 is 16.9 Å². The Kier molecular flexibility index (Phi) is 3.37. The molecule has 23 heavy (non-hydrogen) atoms. The average molecular weight is 309 g/mol. The first-order valence-corrected chi connectivity index (χ1v) is 7.90. The van der Waals surface area contributed by atoms with Gasteiger partial charge < -0.3 is 14.9 Å². The van der Waals surface area contributed by atoms with Crippen molar-refractivity contribution in [2.45, 2.75) is 25.8 Å². The van der Waals surface area contributed by atoms with E-state index in [0.29, 0.717) is 6.54 Å². The highest BCUT2D eigenvalue weighted by atomic mass is 16.2. The molecule has 1 aromatic carbocycles. The Morgan fingerprint density at radius 2 is 2.26 bits per heavy atom. The predicted molar refractivity (Wildman–Crippen MR) is 86.7 cm³/mol. The van der Waals surface area contributed by atoms with Gasteiger partial charge in [-0.2, -0.15) is 0 Å². The molecule has 0 fully saturated rings. The fourth-order valence-corrected chi connectivity index (χ4v) is 3.31. The molecule has 6 heteroatoms. The quantitative estimate of drug-likeness (QED) is 0.777. The molecule has 1 atom stereocenters. The van der Waals surface area contributed by atoms with Gasteiger partial charge in [-0.3, -0.25) is 4.79 Å². The molecule has 3 aromatic rings. The van der Waals surface area contributed by atoms with Gasteiger partial charge in [0.2, 0.25) is 5.91 Å². The number of nitrogens with zero attached hydrogens (tertiary/aromatic N) is 3. The lowest BCUT2D eigenvalue weighted by Crippen LogP contribution is -2.35. The molecule has 4 rings (SSSR count). The fourth-order valence-electron chi connectivity index (χ4n) is 3.31. The van der Waals surface area contributed by atoms with Crippen LogP contribution >= 0.6 is 0 Å². The summed E-state index contributed by atoms with van der Waals surface area (Å²) in [6.45, 7) is 0.500. The molecular formula is C17H19N5O. The number of nitrogens with one attached hydrogen (secondary N) is 2. The number of H-pyrrole nitrogens is 2. The van der Waals surface area contributed by atoms with Gasteiger partial charge in [-0.15, -0.1) is 0 Å². The molecule has 0 aliphatic heterocycles. The third kappa shape index (κ3) is 2.60. The molecule has 1 aliphatic carbocycles.